The lowest BCUT2D eigenvalue weighted by Gasteiger charge is -2.28. The molecule has 2 N–H and O–H groups in total. The van der Waals surface area contributed by atoms with Crippen LogP contribution in [0, 0.1) is 5.92 Å². The number of carbonyl (C=O) groups excluding carboxylic acids is 1. The van der Waals surface area contributed by atoms with Crippen molar-refractivity contribution in [2.45, 2.75) is 75.5 Å². The smallest absolute Gasteiger partial charge is 0.315 e. The van der Waals surface area contributed by atoms with Gasteiger partial charge in [-0.15, -0.1) is 0 Å². The van der Waals surface area contributed by atoms with Gasteiger partial charge in [0.1, 0.15) is 9.84 Å². The summed E-state index contributed by atoms with van der Waals surface area (Å²) in [6.45, 7) is 0.713. The van der Waals surface area contributed by atoms with Gasteiger partial charge in [0.05, 0.1) is 5.25 Å². The summed E-state index contributed by atoms with van der Waals surface area (Å²) >= 11 is 0. The van der Waals surface area contributed by atoms with Gasteiger partial charge in [-0.1, -0.05) is 32.1 Å². The van der Waals surface area contributed by atoms with Crippen LogP contribution in [0.3, 0.4) is 0 Å². The van der Waals surface area contributed by atoms with Gasteiger partial charge in [0.25, 0.3) is 0 Å². The first-order valence-electron chi connectivity index (χ1n) is 8.68. The SMILES string of the molecule is CS(=O)(=O)[C@H]1CCC[C@@H](NC(=O)NCCCC2CCCC2)C1. The van der Waals surface area contributed by atoms with Crippen molar-refractivity contribution in [2.75, 3.05) is 12.8 Å². The number of urea groups is 1. The Morgan fingerprint density at radius 3 is 2.50 bits per heavy atom. The Hall–Kier alpha value is -0.780. The Bertz CT molecular complexity index is 458. The van der Waals surface area contributed by atoms with Gasteiger partial charge in [-0.25, -0.2) is 13.2 Å². The first kappa shape index (κ1) is 17.6. The molecule has 0 aromatic carbocycles. The summed E-state index contributed by atoms with van der Waals surface area (Å²) in [5, 5.41) is 5.55. The van der Waals surface area contributed by atoms with Crippen LogP contribution in [0.4, 0.5) is 4.79 Å². The molecule has 0 aromatic heterocycles. The van der Waals surface area contributed by atoms with Crippen LogP contribution in [0.5, 0.6) is 0 Å². The average molecular weight is 330 g/mol. The van der Waals surface area contributed by atoms with E-state index in [4.69, 9.17) is 0 Å². The van der Waals surface area contributed by atoms with E-state index < -0.39 is 9.84 Å². The standard InChI is InChI=1S/C16H30N2O3S/c1-22(20,21)15-10-4-9-14(12-15)18-16(19)17-11-5-8-13-6-2-3-7-13/h13-15H,2-12H2,1H3,(H2,17,18,19)/t14-,15+/m1/s1. The molecule has 2 fully saturated rings. The van der Waals surface area contributed by atoms with Gasteiger partial charge in [-0.2, -0.15) is 0 Å². The Morgan fingerprint density at radius 1 is 1.09 bits per heavy atom. The summed E-state index contributed by atoms with van der Waals surface area (Å²) in [4.78, 5) is 11.9. The number of rotatable bonds is 6. The van der Waals surface area contributed by atoms with Crippen LogP contribution in [0.2, 0.25) is 0 Å². The molecule has 0 spiro atoms. The van der Waals surface area contributed by atoms with E-state index in [1.807, 2.05) is 0 Å². The van der Waals surface area contributed by atoms with E-state index in [1.165, 1.54) is 38.4 Å². The van der Waals surface area contributed by atoms with Crippen molar-refractivity contribution in [1.82, 2.24) is 10.6 Å². The zero-order valence-corrected chi connectivity index (χ0v) is 14.5. The number of carbonyl (C=O) groups is 1. The predicted octanol–water partition coefficient (Wildman–Crippen LogP) is 2.61. The topological polar surface area (TPSA) is 75.3 Å². The summed E-state index contributed by atoms with van der Waals surface area (Å²) in [6.07, 6.45) is 12.0. The van der Waals surface area contributed by atoms with E-state index in [-0.39, 0.29) is 17.3 Å². The zero-order chi connectivity index (χ0) is 16.0. The van der Waals surface area contributed by atoms with Crippen molar-refractivity contribution >= 4 is 15.9 Å². The van der Waals surface area contributed by atoms with Gasteiger partial charge in [-0.05, 0) is 38.0 Å². The molecule has 2 amide bonds. The van der Waals surface area contributed by atoms with Crippen LogP contribution in [0.1, 0.15) is 64.2 Å². The third-order valence-corrected chi connectivity index (χ3v) is 6.76. The summed E-state index contributed by atoms with van der Waals surface area (Å²) in [7, 11) is -3.00. The van der Waals surface area contributed by atoms with Gasteiger partial charge in [0.15, 0.2) is 0 Å². The van der Waals surface area contributed by atoms with E-state index in [9.17, 15) is 13.2 Å². The fourth-order valence-electron chi connectivity index (χ4n) is 3.79. The molecule has 128 valence electrons. The molecular formula is C16H30N2O3S. The van der Waals surface area contributed by atoms with Crippen molar-refractivity contribution in [2.24, 2.45) is 5.92 Å². The van der Waals surface area contributed by atoms with Crippen LogP contribution < -0.4 is 10.6 Å². The summed E-state index contributed by atoms with van der Waals surface area (Å²) in [5.74, 6) is 0.860. The highest BCUT2D eigenvalue weighted by molar-refractivity contribution is 7.91. The van der Waals surface area contributed by atoms with E-state index in [0.29, 0.717) is 13.0 Å². The normalized spacial score (nSPS) is 26.8. The molecule has 0 unspecified atom stereocenters. The van der Waals surface area contributed by atoms with Crippen molar-refractivity contribution in [3.05, 3.63) is 0 Å². The van der Waals surface area contributed by atoms with Crippen LogP contribution in [0.15, 0.2) is 0 Å². The minimum absolute atomic E-state index is 0.0108. The minimum Gasteiger partial charge on any atom is -0.338 e. The first-order chi connectivity index (χ1) is 10.4. The lowest BCUT2D eigenvalue weighted by Crippen LogP contribution is -2.46. The molecule has 22 heavy (non-hydrogen) atoms. The molecule has 6 heteroatoms. The summed E-state index contributed by atoms with van der Waals surface area (Å²) in [6, 6.07) is -0.158. The molecule has 5 nitrogen and oxygen atoms in total. The fourth-order valence-corrected chi connectivity index (χ4v) is 4.97. The largest absolute Gasteiger partial charge is 0.338 e. The van der Waals surface area contributed by atoms with Crippen LogP contribution in [-0.2, 0) is 9.84 Å². The Morgan fingerprint density at radius 2 is 1.82 bits per heavy atom. The molecule has 0 saturated heterocycles. The Labute approximate surface area is 134 Å². The molecule has 0 aliphatic heterocycles. The quantitative estimate of drug-likeness (QED) is 0.735. The molecule has 2 atom stereocenters. The molecular weight excluding hydrogens is 300 g/mol. The van der Waals surface area contributed by atoms with E-state index in [2.05, 4.69) is 10.6 Å². The second-order valence-electron chi connectivity index (χ2n) is 7.01. The molecule has 2 aliphatic rings. The molecule has 0 aromatic rings. The average Bonchev–Trinajstić information content (AvgIpc) is 2.96. The molecule has 0 radical (unpaired) electrons. The first-order valence-corrected chi connectivity index (χ1v) is 10.6. The third kappa shape index (κ3) is 5.78. The highest BCUT2D eigenvalue weighted by Crippen LogP contribution is 2.28. The maximum Gasteiger partial charge on any atom is 0.315 e. The maximum absolute atomic E-state index is 11.9. The lowest BCUT2D eigenvalue weighted by molar-refractivity contribution is 0.232. The zero-order valence-electron chi connectivity index (χ0n) is 13.6. The minimum atomic E-state index is -3.00. The number of nitrogens with one attached hydrogen (secondary N) is 2. The maximum atomic E-state index is 11.9. The highest BCUT2D eigenvalue weighted by Gasteiger charge is 2.29. The second-order valence-corrected chi connectivity index (χ2v) is 9.33. The lowest BCUT2D eigenvalue weighted by atomic mass is 9.95. The number of amides is 2. The molecule has 0 bridgehead atoms. The molecule has 2 saturated carbocycles. The molecule has 2 aliphatic carbocycles. The number of hydrogen-bond acceptors (Lipinski definition) is 3. The van der Waals surface area contributed by atoms with Crippen molar-refractivity contribution < 1.29 is 13.2 Å². The van der Waals surface area contributed by atoms with Gasteiger partial charge in [0, 0.05) is 18.8 Å². The van der Waals surface area contributed by atoms with E-state index >= 15 is 0 Å². The highest BCUT2D eigenvalue weighted by atomic mass is 32.2. The van der Waals surface area contributed by atoms with E-state index in [0.717, 1.165) is 31.6 Å². The van der Waals surface area contributed by atoms with Gasteiger partial charge < -0.3 is 10.6 Å². The van der Waals surface area contributed by atoms with Crippen LogP contribution >= 0.6 is 0 Å². The second kappa shape index (κ2) is 8.18. The molecule has 2 rings (SSSR count). The predicted molar refractivity (Wildman–Crippen MR) is 88.6 cm³/mol. The van der Waals surface area contributed by atoms with Crippen molar-refractivity contribution in [3.63, 3.8) is 0 Å². The fraction of sp³-hybridized carbons (Fsp3) is 0.938. The third-order valence-electron chi connectivity index (χ3n) is 5.12. The van der Waals surface area contributed by atoms with Gasteiger partial charge in [0.2, 0.25) is 0 Å². The Balaban J connectivity index is 1.61. The number of hydrogen-bond donors (Lipinski definition) is 2. The van der Waals surface area contributed by atoms with Crippen molar-refractivity contribution in [3.8, 4) is 0 Å². The number of sulfone groups is 1. The van der Waals surface area contributed by atoms with Crippen molar-refractivity contribution in [1.29, 1.82) is 0 Å². The van der Waals surface area contributed by atoms with Crippen LogP contribution in [-0.4, -0.2) is 38.5 Å². The Kier molecular flexibility index (Phi) is 6.53. The van der Waals surface area contributed by atoms with Gasteiger partial charge in [-0.3, -0.25) is 0 Å². The summed E-state index contributed by atoms with van der Waals surface area (Å²) < 4.78 is 23.3. The van der Waals surface area contributed by atoms with Gasteiger partial charge >= 0.3 is 6.03 Å². The molecule has 0 heterocycles. The van der Waals surface area contributed by atoms with Crippen LogP contribution in [0.25, 0.3) is 0 Å². The summed E-state index contributed by atoms with van der Waals surface area (Å²) in [5.41, 5.74) is 0. The monoisotopic (exact) mass is 330 g/mol. The van der Waals surface area contributed by atoms with E-state index in [1.54, 1.807) is 0 Å².